The molecular formula is C14H14N4O4S. The minimum Gasteiger partial charge on any atom is -0.321 e. The van der Waals surface area contributed by atoms with Gasteiger partial charge in [-0.15, -0.1) is 0 Å². The Morgan fingerprint density at radius 1 is 1.17 bits per heavy atom. The van der Waals surface area contributed by atoms with Crippen molar-refractivity contribution in [1.82, 2.24) is 10.2 Å². The third kappa shape index (κ3) is 3.24. The number of hydrogen-bond donors (Lipinski definition) is 2. The number of hydrogen-bond acceptors (Lipinski definition) is 5. The fourth-order valence-corrected chi connectivity index (χ4v) is 3.87. The molecule has 1 aliphatic heterocycles. The van der Waals surface area contributed by atoms with E-state index in [4.69, 9.17) is 0 Å². The van der Waals surface area contributed by atoms with Crippen LogP contribution in [0.15, 0.2) is 41.2 Å². The molecule has 2 heterocycles. The molecule has 0 atom stereocenters. The van der Waals surface area contributed by atoms with Crippen molar-refractivity contribution < 1.29 is 13.2 Å². The zero-order chi connectivity index (χ0) is 16.4. The van der Waals surface area contributed by atoms with Crippen molar-refractivity contribution >= 4 is 27.3 Å². The molecule has 0 radical (unpaired) electrons. The van der Waals surface area contributed by atoms with Crippen LogP contribution in [0.1, 0.15) is 16.9 Å². The monoisotopic (exact) mass is 334 g/mol. The number of aromatic amines is 1. The summed E-state index contributed by atoms with van der Waals surface area (Å²) in [5.41, 5.74) is 0.763. The Balaban J connectivity index is 1.74. The number of benzene rings is 1. The Morgan fingerprint density at radius 2 is 1.91 bits per heavy atom. The van der Waals surface area contributed by atoms with Gasteiger partial charge in [-0.05, 0) is 36.8 Å². The summed E-state index contributed by atoms with van der Waals surface area (Å²) in [5, 5.41) is 8.44. The van der Waals surface area contributed by atoms with Crippen LogP contribution >= 0.6 is 0 Å². The van der Waals surface area contributed by atoms with Gasteiger partial charge in [0, 0.05) is 18.3 Å². The highest BCUT2D eigenvalue weighted by Gasteiger charge is 2.28. The molecule has 9 heteroatoms. The standard InChI is InChI=1S/C14H14N4O4S/c19-13-7-6-12(16-17-13)14(20)15-10-2-4-11(5-3-10)18-8-1-9-23(18,21)22/h2-7H,1,8-9H2,(H,15,20)(H,17,19). The van der Waals surface area contributed by atoms with Crippen molar-refractivity contribution in [2.24, 2.45) is 0 Å². The molecule has 3 rings (SSSR count). The number of nitrogens with one attached hydrogen (secondary N) is 2. The van der Waals surface area contributed by atoms with Crippen LogP contribution in [0, 0.1) is 0 Å². The summed E-state index contributed by atoms with van der Waals surface area (Å²) in [6, 6.07) is 9.04. The van der Waals surface area contributed by atoms with E-state index in [1.165, 1.54) is 16.4 Å². The summed E-state index contributed by atoms with van der Waals surface area (Å²) in [6.45, 7) is 0.468. The van der Waals surface area contributed by atoms with Crippen molar-refractivity contribution in [2.45, 2.75) is 6.42 Å². The molecule has 0 aliphatic carbocycles. The quantitative estimate of drug-likeness (QED) is 0.852. The normalized spacial score (nSPS) is 16.3. The fraction of sp³-hybridized carbons (Fsp3) is 0.214. The van der Waals surface area contributed by atoms with E-state index in [0.29, 0.717) is 24.3 Å². The van der Waals surface area contributed by atoms with Crippen LogP contribution in [0.25, 0.3) is 0 Å². The number of carbonyl (C=O) groups is 1. The molecule has 1 saturated heterocycles. The van der Waals surface area contributed by atoms with Crippen LogP contribution in [0.4, 0.5) is 11.4 Å². The minimum atomic E-state index is -3.22. The summed E-state index contributed by atoms with van der Waals surface area (Å²) in [7, 11) is -3.22. The lowest BCUT2D eigenvalue weighted by Crippen LogP contribution is -2.25. The second-order valence-corrected chi connectivity index (χ2v) is 7.06. The lowest BCUT2D eigenvalue weighted by Gasteiger charge is -2.17. The van der Waals surface area contributed by atoms with E-state index in [-0.39, 0.29) is 11.4 Å². The summed E-state index contributed by atoms with van der Waals surface area (Å²) in [4.78, 5) is 22.9. The number of nitrogens with zero attached hydrogens (tertiary/aromatic N) is 2. The van der Waals surface area contributed by atoms with Gasteiger partial charge in [-0.1, -0.05) is 0 Å². The van der Waals surface area contributed by atoms with E-state index in [1.54, 1.807) is 24.3 Å². The molecule has 8 nitrogen and oxygen atoms in total. The zero-order valence-corrected chi connectivity index (χ0v) is 12.8. The molecule has 23 heavy (non-hydrogen) atoms. The van der Waals surface area contributed by atoms with Crippen LogP contribution in [0.3, 0.4) is 0 Å². The van der Waals surface area contributed by atoms with Crippen LogP contribution in [0.2, 0.25) is 0 Å². The lowest BCUT2D eigenvalue weighted by atomic mass is 10.2. The molecule has 1 fully saturated rings. The molecular weight excluding hydrogens is 320 g/mol. The number of aromatic nitrogens is 2. The largest absolute Gasteiger partial charge is 0.321 e. The van der Waals surface area contributed by atoms with Crippen molar-refractivity contribution in [3.05, 3.63) is 52.4 Å². The lowest BCUT2D eigenvalue weighted by molar-refractivity contribution is 0.102. The van der Waals surface area contributed by atoms with E-state index in [0.717, 1.165) is 0 Å². The van der Waals surface area contributed by atoms with Crippen LogP contribution in [0.5, 0.6) is 0 Å². The van der Waals surface area contributed by atoms with Gasteiger partial charge in [-0.2, -0.15) is 5.10 Å². The van der Waals surface area contributed by atoms with Crippen molar-refractivity contribution in [3.63, 3.8) is 0 Å². The molecule has 0 saturated carbocycles. The first-order valence-electron chi connectivity index (χ1n) is 6.93. The van der Waals surface area contributed by atoms with Crippen molar-refractivity contribution in [2.75, 3.05) is 21.9 Å². The predicted molar refractivity (Wildman–Crippen MR) is 85.0 cm³/mol. The highest BCUT2D eigenvalue weighted by atomic mass is 32.2. The van der Waals surface area contributed by atoms with Gasteiger partial charge in [0.25, 0.3) is 11.5 Å². The maximum absolute atomic E-state index is 12.0. The maximum Gasteiger partial charge on any atom is 0.276 e. The average Bonchev–Trinajstić information content (AvgIpc) is 2.88. The van der Waals surface area contributed by atoms with E-state index < -0.39 is 21.5 Å². The van der Waals surface area contributed by atoms with Gasteiger partial charge in [-0.3, -0.25) is 13.9 Å². The Morgan fingerprint density at radius 3 is 2.48 bits per heavy atom. The van der Waals surface area contributed by atoms with E-state index in [1.807, 2.05) is 0 Å². The third-order valence-corrected chi connectivity index (χ3v) is 5.29. The number of H-pyrrole nitrogens is 1. The van der Waals surface area contributed by atoms with E-state index >= 15 is 0 Å². The predicted octanol–water partition coefficient (Wildman–Crippen LogP) is 0.562. The molecule has 0 spiro atoms. The second-order valence-electron chi connectivity index (χ2n) is 5.05. The number of amides is 1. The van der Waals surface area contributed by atoms with Gasteiger partial charge < -0.3 is 5.32 Å². The molecule has 0 bridgehead atoms. The molecule has 0 unspecified atom stereocenters. The number of carbonyl (C=O) groups excluding carboxylic acids is 1. The van der Waals surface area contributed by atoms with Gasteiger partial charge in [-0.25, -0.2) is 13.5 Å². The third-order valence-electron chi connectivity index (χ3n) is 3.42. The van der Waals surface area contributed by atoms with E-state index in [9.17, 15) is 18.0 Å². The van der Waals surface area contributed by atoms with E-state index in [2.05, 4.69) is 15.5 Å². The van der Waals surface area contributed by atoms with Crippen molar-refractivity contribution in [3.8, 4) is 0 Å². The highest BCUT2D eigenvalue weighted by Crippen LogP contribution is 2.25. The topological polar surface area (TPSA) is 112 Å². The fourth-order valence-electron chi connectivity index (χ4n) is 2.31. The first-order chi connectivity index (χ1) is 11.0. The molecule has 1 aromatic heterocycles. The molecule has 1 aromatic carbocycles. The van der Waals surface area contributed by atoms with Gasteiger partial charge in [0.1, 0.15) is 5.69 Å². The van der Waals surface area contributed by atoms with Gasteiger partial charge in [0.2, 0.25) is 10.0 Å². The molecule has 2 aromatic rings. The summed E-state index contributed by atoms with van der Waals surface area (Å²) >= 11 is 0. The van der Waals surface area contributed by atoms with Gasteiger partial charge in [0.05, 0.1) is 11.4 Å². The Hall–Kier alpha value is -2.68. The van der Waals surface area contributed by atoms with Gasteiger partial charge >= 0.3 is 0 Å². The summed E-state index contributed by atoms with van der Waals surface area (Å²) in [5.74, 6) is -0.314. The Bertz CT molecular complexity index is 869. The smallest absolute Gasteiger partial charge is 0.276 e. The number of rotatable bonds is 3. The number of anilines is 2. The Labute approximate surface area is 132 Å². The average molecular weight is 334 g/mol. The van der Waals surface area contributed by atoms with Crippen LogP contribution in [-0.2, 0) is 10.0 Å². The molecule has 1 amide bonds. The second kappa shape index (κ2) is 5.84. The zero-order valence-electron chi connectivity index (χ0n) is 12.0. The molecule has 120 valence electrons. The Kier molecular flexibility index (Phi) is 3.87. The highest BCUT2D eigenvalue weighted by molar-refractivity contribution is 7.93. The van der Waals surface area contributed by atoms with Crippen LogP contribution in [-0.4, -0.2) is 36.8 Å². The first-order valence-corrected chi connectivity index (χ1v) is 8.54. The molecule has 2 N–H and O–H groups in total. The van der Waals surface area contributed by atoms with Gasteiger partial charge in [0.15, 0.2) is 0 Å². The molecule has 1 aliphatic rings. The SMILES string of the molecule is O=C(Nc1ccc(N2CCCS2(=O)=O)cc1)c1ccc(=O)[nH]n1. The minimum absolute atomic E-state index is 0.0794. The number of sulfonamides is 1. The maximum atomic E-state index is 12.0. The van der Waals surface area contributed by atoms with Crippen molar-refractivity contribution in [1.29, 1.82) is 0 Å². The summed E-state index contributed by atoms with van der Waals surface area (Å²) < 4.78 is 25.1. The summed E-state index contributed by atoms with van der Waals surface area (Å²) in [6.07, 6.45) is 0.610. The first kappa shape index (κ1) is 15.2. The van der Waals surface area contributed by atoms with Crippen LogP contribution < -0.4 is 15.2 Å².